The fourth-order valence-corrected chi connectivity index (χ4v) is 5.30. The largest absolute Gasteiger partial charge is 0.440 e. The van der Waals surface area contributed by atoms with Gasteiger partial charge in [0.1, 0.15) is 29.8 Å². The van der Waals surface area contributed by atoms with Gasteiger partial charge in [-0.25, -0.2) is 18.2 Å². The van der Waals surface area contributed by atoms with Gasteiger partial charge in [-0.3, -0.25) is 14.5 Å². The van der Waals surface area contributed by atoms with E-state index >= 15 is 0 Å². The van der Waals surface area contributed by atoms with E-state index < -0.39 is 47.6 Å². The maximum atomic E-state index is 14.7. The van der Waals surface area contributed by atoms with Crippen LogP contribution >= 0.6 is 0 Å². The first kappa shape index (κ1) is 29.3. The second-order valence-corrected chi connectivity index (χ2v) is 11.5. The van der Waals surface area contributed by atoms with Crippen LogP contribution in [-0.2, 0) is 6.42 Å². The Kier molecular flexibility index (Phi) is 8.31. The monoisotopic (exact) mass is 575 g/mol. The number of fused-ring (bicyclic) bond motifs is 1. The molecule has 4 aromatic rings. The number of benzene rings is 3. The van der Waals surface area contributed by atoms with Gasteiger partial charge in [0.2, 0.25) is 5.89 Å². The van der Waals surface area contributed by atoms with E-state index in [0.717, 1.165) is 28.7 Å². The molecule has 0 aliphatic carbocycles. The summed E-state index contributed by atoms with van der Waals surface area (Å²) in [7, 11) is 0. The van der Waals surface area contributed by atoms with Gasteiger partial charge in [-0.1, -0.05) is 63.2 Å². The summed E-state index contributed by atoms with van der Waals surface area (Å²) in [6.45, 7) is 5.32. The summed E-state index contributed by atoms with van der Waals surface area (Å²) in [5, 5.41) is 3.43. The smallest absolute Gasteiger partial charge is 0.261 e. The maximum absolute atomic E-state index is 14.7. The van der Waals surface area contributed by atoms with Crippen molar-refractivity contribution in [2.75, 3.05) is 13.2 Å². The fourth-order valence-electron chi connectivity index (χ4n) is 5.30. The zero-order chi connectivity index (χ0) is 30.0. The van der Waals surface area contributed by atoms with Crippen LogP contribution in [0.2, 0.25) is 0 Å². The summed E-state index contributed by atoms with van der Waals surface area (Å²) in [4.78, 5) is 31.5. The van der Waals surface area contributed by atoms with Crippen LogP contribution < -0.4 is 5.32 Å². The number of alkyl halides is 1. The zero-order valence-corrected chi connectivity index (χ0v) is 23.7. The van der Waals surface area contributed by atoms with Crippen molar-refractivity contribution < 1.29 is 27.2 Å². The summed E-state index contributed by atoms with van der Waals surface area (Å²) < 4.78 is 49.1. The molecular formula is C33H32F3N3O3. The Bertz CT molecular complexity index is 1560. The standard InChI is InChI=1S/C33H32F3N3O3/c1-33(2,3)29(37-16-15-22(19-34)39-31(40)23-11-7-8-12-24(23)32(39)41)28-27(17-20-9-5-4-6-10-20)42-30(38-28)25-18-21(35)13-14-26(25)36/h4-14,18,22,29,37H,15-17,19H2,1-3H3/t22-,29?/m0/s1. The Morgan fingerprint density at radius 2 is 1.55 bits per heavy atom. The number of nitrogens with one attached hydrogen (secondary N) is 1. The number of carbonyl (C=O) groups excluding carboxylic acids is 2. The van der Waals surface area contributed by atoms with Crippen molar-refractivity contribution >= 4 is 11.8 Å². The quantitative estimate of drug-likeness (QED) is 0.208. The summed E-state index contributed by atoms with van der Waals surface area (Å²) >= 11 is 0. The Labute approximate surface area is 242 Å². The maximum Gasteiger partial charge on any atom is 0.261 e. The predicted molar refractivity (Wildman–Crippen MR) is 153 cm³/mol. The minimum Gasteiger partial charge on any atom is -0.440 e. The summed E-state index contributed by atoms with van der Waals surface area (Å²) in [5.41, 5.74) is 1.46. The number of amides is 2. The van der Waals surface area contributed by atoms with Crippen LogP contribution in [0.3, 0.4) is 0 Å². The van der Waals surface area contributed by atoms with E-state index in [9.17, 15) is 22.8 Å². The molecule has 218 valence electrons. The van der Waals surface area contributed by atoms with Crippen LogP contribution in [-0.4, -0.2) is 41.0 Å². The Hall–Kier alpha value is -4.24. The van der Waals surface area contributed by atoms with Crippen molar-refractivity contribution in [1.29, 1.82) is 0 Å². The minimum absolute atomic E-state index is 0.0448. The van der Waals surface area contributed by atoms with Gasteiger partial charge in [-0.15, -0.1) is 0 Å². The van der Waals surface area contributed by atoms with E-state index in [1.807, 2.05) is 51.1 Å². The molecule has 3 aromatic carbocycles. The SMILES string of the molecule is CC(C)(C)C(NCC[C@@H](CF)N1C(=O)c2ccccc2C1=O)c1nc(-c2cc(F)ccc2F)oc1Cc1ccccc1. The summed E-state index contributed by atoms with van der Waals surface area (Å²) in [5.74, 6) is -1.86. The fraction of sp³-hybridized carbons (Fsp3) is 0.303. The third-order valence-electron chi connectivity index (χ3n) is 7.43. The van der Waals surface area contributed by atoms with Crippen molar-refractivity contribution in [1.82, 2.24) is 15.2 Å². The van der Waals surface area contributed by atoms with E-state index in [-0.39, 0.29) is 35.5 Å². The summed E-state index contributed by atoms with van der Waals surface area (Å²) in [6.07, 6.45) is 0.516. The van der Waals surface area contributed by atoms with E-state index in [1.54, 1.807) is 24.3 Å². The lowest BCUT2D eigenvalue weighted by molar-refractivity contribution is 0.0548. The van der Waals surface area contributed by atoms with Gasteiger partial charge in [-0.2, -0.15) is 0 Å². The third kappa shape index (κ3) is 5.87. The Balaban J connectivity index is 1.43. The molecule has 5 rings (SSSR count). The average Bonchev–Trinajstić information content (AvgIpc) is 3.48. The van der Waals surface area contributed by atoms with Crippen LogP contribution in [0.25, 0.3) is 11.5 Å². The van der Waals surface area contributed by atoms with Gasteiger partial charge in [-0.05, 0) is 54.3 Å². The number of halogens is 3. The number of nitrogens with zero attached hydrogens (tertiary/aromatic N) is 2. The van der Waals surface area contributed by atoms with Crippen molar-refractivity contribution in [2.24, 2.45) is 5.41 Å². The zero-order valence-electron chi connectivity index (χ0n) is 23.7. The number of hydrogen-bond donors (Lipinski definition) is 1. The Morgan fingerprint density at radius 3 is 2.17 bits per heavy atom. The summed E-state index contributed by atoms with van der Waals surface area (Å²) in [6, 6.07) is 17.7. The van der Waals surface area contributed by atoms with Crippen molar-refractivity contribution in [2.45, 2.75) is 45.7 Å². The second-order valence-electron chi connectivity index (χ2n) is 11.5. The molecule has 1 aliphatic heterocycles. The van der Waals surface area contributed by atoms with Gasteiger partial charge in [0.15, 0.2) is 0 Å². The molecular weight excluding hydrogens is 543 g/mol. The molecule has 2 atom stereocenters. The predicted octanol–water partition coefficient (Wildman–Crippen LogP) is 6.91. The Morgan fingerprint density at radius 1 is 0.905 bits per heavy atom. The van der Waals surface area contributed by atoms with Crippen LogP contribution in [0, 0.1) is 17.0 Å². The highest BCUT2D eigenvalue weighted by Crippen LogP contribution is 2.38. The molecule has 42 heavy (non-hydrogen) atoms. The molecule has 6 nitrogen and oxygen atoms in total. The number of hydrogen-bond acceptors (Lipinski definition) is 5. The normalized spacial score (nSPS) is 14.8. The average molecular weight is 576 g/mol. The highest BCUT2D eigenvalue weighted by Gasteiger charge is 2.40. The highest BCUT2D eigenvalue weighted by atomic mass is 19.1. The third-order valence-corrected chi connectivity index (χ3v) is 7.43. The first-order valence-corrected chi connectivity index (χ1v) is 13.8. The van der Waals surface area contributed by atoms with Gasteiger partial charge in [0.25, 0.3) is 11.8 Å². The van der Waals surface area contributed by atoms with E-state index in [4.69, 9.17) is 4.42 Å². The molecule has 9 heteroatoms. The molecule has 2 amide bonds. The molecule has 1 aromatic heterocycles. The molecule has 1 unspecified atom stereocenters. The van der Waals surface area contributed by atoms with Crippen LogP contribution in [0.5, 0.6) is 0 Å². The first-order valence-electron chi connectivity index (χ1n) is 13.8. The van der Waals surface area contributed by atoms with E-state index in [2.05, 4.69) is 10.3 Å². The number of rotatable bonds is 10. The molecule has 1 aliphatic rings. The van der Waals surface area contributed by atoms with Gasteiger partial charge >= 0.3 is 0 Å². The number of imide groups is 1. The minimum atomic E-state index is -0.955. The van der Waals surface area contributed by atoms with Gasteiger partial charge in [0, 0.05) is 6.42 Å². The molecule has 1 N–H and O–H groups in total. The van der Waals surface area contributed by atoms with E-state index in [1.165, 1.54) is 0 Å². The molecule has 0 bridgehead atoms. The number of aromatic nitrogens is 1. The molecule has 2 heterocycles. The lowest BCUT2D eigenvalue weighted by Crippen LogP contribution is -2.44. The number of oxazole rings is 1. The highest BCUT2D eigenvalue weighted by molar-refractivity contribution is 6.21. The molecule has 0 spiro atoms. The number of carbonyl (C=O) groups is 2. The van der Waals surface area contributed by atoms with Crippen molar-refractivity contribution in [3.8, 4) is 11.5 Å². The first-order chi connectivity index (χ1) is 20.1. The molecule has 0 saturated carbocycles. The van der Waals surface area contributed by atoms with Crippen LogP contribution in [0.1, 0.15) is 71.0 Å². The van der Waals surface area contributed by atoms with Crippen LogP contribution in [0.15, 0.2) is 77.2 Å². The van der Waals surface area contributed by atoms with Gasteiger partial charge < -0.3 is 9.73 Å². The second kappa shape index (κ2) is 11.9. The van der Waals surface area contributed by atoms with Crippen molar-refractivity contribution in [3.05, 3.63) is 113 Å². The topological polar surface area (TPSA) is 75.4 Å². The van der Waals surface area contributed by atoms with Crippen molar-refractivity contribution in [3.63, 3.8) is 0 Å². The molecule has 0 fully saturated rings. The van der Waals surface area contributed by atoms with Crippen LogP contribution in [0.4, 0.5) is 13.2 Å². The van der Waals surface area contributed by atoms with E-state index in [0.29, 0.717) is 17.9 Å². The molecule has 0 radical (unpaired) electrons. The molecule has 0 saturated heterocycles. The lowest BCUT2D eigenvalue weighted by atomic mass is 9.83. The lowest BCUT2D eigenvalue weighted by Gasteiger charge is -2.32. The van der Waals surface area contributed by atoms with Gasteiger partial charge in [0.05, 0.1) is 28.8 Å².